The summed E-state index contributed by atoms with van der Waals surface area (Å²) in [5.41, 5.74) is 8.52. The van der Waals surface area contributed by atoms with Crippen LogP contribution in [0.4, 0.5) is 26.1 Å². The fraction of sp³-hybridized carbons (Fsp3) is 0.567. The number of anilines is 2. The number of amidine groups is 1. The average Bonchev–Trinajstić information content (AvgIpc) is 4.02. The van der Waals surface area contributed by atoms with Crippen LogP contribution in [0.1, 0.15) is 128 Å². The monoisotopic (exact) mass is 1250 g/mol. The Kier molecular flexibility index (Phi) is 21.3. The van der Waals surface area contributed by atoms with E-state index in [4.69, 9.17) is 29.9 Å². The Balaban J connectivity index is 0.000000187. The lowest BCUT2D eigenvalue weighted by Gasteiger charge is -2.43. The minimum atomic E-state index is -4.20. The summed E-state index contributed by atoms with van der Waals surface area (Å²) in [7, 11) is 3.76. The molecule has 464 valence electrons. The molecule has 2 spiro atoms. The summed E-state index contributed by atoms with van der Waals surface area (Å²) in [6.45, 7) is 18.3. The number of likely N-dealkylation sites (tertiary alicyclic amines) is 2. The van der Waals surface area contributed by atoms with Crippen LogP contribution in [0.15, 0.2) is 76.2 Å². The first-order valence-electron chi connectivity index (χ1n) is 29.5. The molecular formula is C60H85ClF2N12O7S2Si. The van der Waals surface area contributed by atoms with Crippen LogP contribution in [0.2, 0.25) is 25.7 Å². The maximum atomic E-state index is 14.7. The van der Waals surface area contributed by atoms with Gasteiger partial charge in [0.2, 0.25) is 17.7 Å². The Labute approximate surface area is 506 Å². The number of hydrogen-bond acceptors (Lipinski definition) is 16. The molecule has 3 saturated heterocycles. The molecule has 4 aliphatic heterocycles. The summed E-state index contributed by atoms with van der Waals surface area (Å²) in [6.07, 6.45) is 17.5. The van der Waals surface area contributed by atoms with E-state index in [1.165, 1.54) is 94.7 Å². The van der Waals surface area contributed by atoms with Crippen molar-refractivity contribution in [3.05, 3.63) is 83.7 Å². The van der Waals surface area contributed by atoms with E-state index in [1.54, 1.807) is 41.0 Å². The van der Waals surface area contributed by atoms with Gasteiger partial charge in [-0.3, -0.25) is 5.43 Å². The van der Waals surface area contributed by atoms with Gasteiger partial charge >= 0.3 is 0 Å². The number of nitrogens with zero attached hydrogens (tertiary/aromatic N) is 10. The van der Waals surface area contributed by atoms with Gasteiger partial charge < -0.3 is 29.3 Å². The minimum absolute atomic E-state index is 0.0209. The number of rotatable bonds is 16. The molecule has 0 radical (unpaired) electrons. The molecule has 5 aliphatic rings. The van der Waals surface area contributed by atoms with Gasteiger partial charge in [-0.25, -0.2) is 45.3 Å². The Bertz CT molecular complexity index is 3440. The highest BCUT2D eigenvalue weighted by atomic mass is 35.7. The molecule has 3 aromatic heterocycles. The van der Waals surface area contributed by atoms with E-state index in [0.717, 1.165) is 38.3 Å². The number of halogens is 3. The molecule has 0 unspecified atom stereocenters. The Morgan fingerprint density at radius 2 is 1.28 bits per heavy atom. The summed E-state index contributed by atoms with van der Waals surface area (Å²) < 4.78 is 99.4. The summed E-state index contributed by atoms with van der Waals surface area (Å²) in [5, 5.41) is 10.9. The standard InChI is InChI=1S/C27H35FN6O3S.C23H31ClFN5O4SSi.C10H19N/c1-18(2)21-15-20(28)16-22(19-6-10-29-24(14-19)37-4)26(21)30-23-17-25(32-31-23)38(35,36)34-12-8-27(9-13-34)7-5-11-33(27)3;1-15(2)18-12-17(25)13-19(16-7-8-26-20(11-16)33-3)21(18)27-22-28-23(35(24,31)32)29-30(22)14-34-9-10-36(4,5)6;1-11-9-5-8-10(11)6-3-2-4-7-10/h6,10,14-16,18H,5,7-9,11-13,17H2,1-4H3,(H,30,31);7-8,11-13,15H,9-10,14H2,1-6H3,(H,27,28,29);2-9H2,1H3. The molecule has 0 amide bonds. The molecule has 7 heterocycles. The van der Waals surface area contributed by atoms with Gasteiger partial charge in [0, 0.05) is 85.2 Å². The minimum Gasteiger partial charge on any atom is -0.481 e. The number of aromatic nitrogens is 5. The van der Waals surface area contributed by atoms with Crippen LogP contribution >= 0.6 is 10.7 Å². The number of piperidine rings is 1. The molecule has 2 aromatic carbocycles. The van der Waals surface area contributed by atoms with Gasteiger partial charge in [-0.2, -0.15) is 14.4 Å². The van der Waals surface area contributed by atoms with Crippen molar-refractivity contribution in [1.82, 2.24) is 44.3 Å². The van der Waals surface area contributed by atoms with Crippen LogP contribution in [-0.4, -0.2) is 147 Å². The van der Waals surface area contributed by atoms with Crippen molar-refractivity contribution < 1.29 is 39.8 Å². The molecule has 19 nitrogen and oxygen atoms in total. The third-order valence-corrected chi connectivity index (χ3v) is 21.8. The molecule has 1 aliphatic carbocycles. The van der Waals surface area contributed by atoms with Crippen molar-refractivity contribution in [2.45, 2.75) is 165 Å². The zero-order chi connectivity index (χ0) is 61.5. The SMILES string of the molecule is CN1CCCC12CCCCC2.COc1cc(-c2cc(F)cc(C(C)C)c2N=C2CC(S(=O)(=O)N3CCC4(CCCN4C)CC3)=NN2)ccn1.COc1cc(-c2cc(F)cc(C(C)C)c2Nc2nc(S(=O)(=O)Cl)nn2COCC[Si](C)(C)C)ccn1. The number of hydrogen-bond donors (Lipinski definition) is 2. The number of nitrogens with one attached hydrogen (secondary N) is 2. The predicted octanol–water partition coefficient (Wildman–Crippen LogP) is 12.3. The van der Waals surface area contributed by atoms with Crippen LogP contribution in [0.5, 0.6) is 11.8 Å². The van der Waals surface area contributed by atoms with Gasteiger partial charge in [-0.1, -0.05) is 66.6 Å². The largest absolute Gasteiger partial charge is 0.481 e. The number of benzene rings is 2. The van der Waals surface area contributed by atoms with E-state index in [-0.39, 0.29) is 47.3 Å². The third-order valence-electron chi connectivity index (χ3n) is 17.1. The number of ether oxygens (including phenoxy) is 3. The third kappa shape index (κ3) is 16.0. The normalized spacial score (nSPS) is 18.8. The van der Waals surface area contributed by atoms with E-state index >= 15 is 0 Å². The van der Waals surface area contributed by atoms with Gasteiger partial charge in [-0.05, 0) is 155 Å². The first-order chi connectivity index (χ1) is 40.2. The summed E-state index contributed by atoms with van der Waals surface area (Å²) in [6, 6.07) is 13.5. The van der Waals surface area contributed by atoms with Crippen molar-refractivity contribution in [3.8, 4) is 34.0 Å². The zero-order valence-corrected chi connectivity index (χ0v) is 54.5. The van der Waals surface area contributed by atoms with Gasteiger partial charge in [-0.15, -0.1) is 5.10 Å². The maximum Gasteiger partial charge on any atom is 0.298 e. The fourth-order valence-corrected chi connectivity index (χ4v) is 14.9. The smallest absolute Gasteiger partial charge is 0.298 e. The lowest BCUT2D eigenvalue weighted by molar-refractivity contribution is 0.0792. The summed E-state index contributed by atoms with van der Waals surface area (Å²) >= 11 is 0. The van der Waals surface area contributed by atoms with Crippen LogP contribution in [0.3, 0.4) is 0 Å². The predicted molar refractivity (Wildman–Crippen MR) is 335 cm³/mol. The second kappa shape index (κ2) is 27.7. The first-order valence-corrected chi connectivity index (χ1v) is 37.0. The van der Waals surface area contributed by atoms with Crippen LogP contribution < -0.4 is 20.2 Å². The maximum absolute atomic E-state index is 14.7. The van der Waals surface area contributed by atoms with Crippen molar-refractivity contribution >= 4 is 66.0 Å². The molecule has 1 saturated carbocycles. The fourth-order valence-electron chi connectivity index (χ4n) is 12.1. The number of hydrazone groups is 1. The highest BCUT2D eigenvalue weighted by Gasteiger charge is 2.45. The lowest BCUT2D eigenvalue weighted by Crippen LogP contribution is -2.52. The second-order valence-electron chi connectivity index (χ2n) is 24.7. The number of pyridine rings is 2. The van der Waals surface area contributed by atoms with Crippen molar-refractivity contribution in [3.63, 3.8) is 0 Å². The molecule has 85 heavy (non-hydrogen) atoms. The highest BCUT2D eigenvalue weighted by molar-refractivity contribution is 8.13. The second-order valence-corrected chi connectivity index (χ2v) is 34.8. The molecule has 2 N–H and O–H groups in total. The van der Waals surface area contributed by atoms with Gasteiger partial charge in [0.15, 0.2) is 5.04 Å². The van der Waals surface area contributed by atoms with Gasteiger partial charge in [0.25, 0.3) is 24.2 Å². The molecule has 0 atom stereocenters. The van der Waals surface area contributed by atoms with Crippen LogP contribution in [0.25, 0.3) is 22.3 Å². The van der Waals surface area contributed by atoms with E-state index in [0.29, 0.717) is 87.6 Å². The van der Waals surface area contributed by atoms with E-state index in [2.05, 4.69) is 79.4 Å². The van der Waals surface area contributed by atoms with Crippen LogP contribution in [0, 0.1) is 11.6 Å². The quantitative estimate of drug-likeness (QED) is 0.0534. The number of sulfonamides is 1. The van der Waals surface area contributed by atoms with Crippen molar-refractivity contribution in [2.75, 3.05) is 66.4 Å². The molecule has 4 fully saturated rings. The van der Waals surface area contributed by atoms with Gasteiger partial charge in [0.05, 0.1) is 32.0 Å². The lowest BCUT2D eigenvalue weighted by atomic mass is 9.80. The Morgan fingerprint density at radius 3 is 1.81 bits per heavy atom. The van der Waals surface area contributed by atoms with E-state index in [1.807, 2.05) is 27.7 Å². The molecule has 0 bridgehead atoms. The molecule has 5 aromatic rings. The Hall–Kier alpha value is -5.47. The van der Waals surface area contributed by atoms with Crippen LogP contribution in [-0.2, 0) is 30.5 Å². The van der Waals surface area contributed by atoms with E-state index < -0.39 is 38.1 Å². The topological polar surface area (TPSA) is 211 Å². The first kappa shape index (κ1) is 65.5. The number of methoxy groups -OCH3 is 2. The summed E-state index contributed by atoms with van der Waals surface area (Å²) in [4.78, 5) is 22.2. The molecule has 10 rings (SSSR count). The number of aliphatic imine (C=N–C) groups is 1. The molecular weight excluding hydrogens is 1170 g/mol. The van der Waals surface area contributed by atoms with Crippen molar-refractivity contribution in [2.24, 2.45) is 10.1 Å². The van der Waals surface area contributed by atoms with Crippen molar-refractivity contribution in [1.29, 1.82) is 0 Å². The Morgan fingerprint density at radius 1 is 0.741 bits per heavy atom. The summed E-state index contributed by atoms with van der Waals surface area (Å²) in [5.74, 6) is 0.371. The average molecular weight is 1250 g/mol. The van der Waals surface area contributed by atoms with Gasteiger partial charge in [0.1, 0.15) is 24.2 Å². The zero-order valence-electron chi connectivity index (χ0n) is 51.1. The molecule has 25 heteroatoms. The van der Waals surface area contributed by atoms with E-state index in [9.17, 15) is 25.6 Å². The highest BCUT2D eigenvalue weighted by Crippen LogP contribution is 2.43.